The summed E-state index contributed by atoms with van der Waals surface area (Å²) in [5, 5.41) is 4.15. The zero-order valence-corrected chi connectivity index (χ0v) is 8.39. The molecule has 1 aromatic heterocycles. The SMILES string of the molecule is CC(=O)N1CCCC1Cn1cccn1. The molecule has 14 heavy (non-hydrogen) atoms. The fourth-order valence-electron chi connectivity index (χ4n) is 2.06. The summed E-state index contributed by atoms with van der Waals surface area (Å²) in [7, 11) is 0. The van der Waals surface area contributed by atoms with Crippen LogP contribution >= 0.6 is 0 Å². The van der Waals surface area contributed by atoms with Crippen LogP contribution in [-0.4, -0.2) is 33.2 Å². The van der Waals surface area contributed by atoms with Crippen LogP contribution < -0.4 is 0 Å². The number of hydrogen-bond acceptors (Lipinski definition) is 2. The monoisotopic (exact) mass is 193 g/mol. The number of amides is 1. The Labute approximate surface area is 83.5 Å². The second kappa shape index (κ2) is 3.82. The number of hydrogen-bond donors (Lipinski definition) is 0. The number of likely N-dealkylation sites (tertiary alicyclic amines) is 1. The van der Waals surface area contributed by atoms with Crippen LogP contribution in [0.15, 0.2) is 18.5 Å². The normalized spacial score (nSPS) is 21.5. The minimum absolute atomic E-state index is 0.180. The average molecular weight is 193 g/mol. The molecule has 0 radical (unpaired) electrons. The van der Waals surface area contributed by atoms with Crippen molar-refractivity contribution in [3.63, 3.8) is 0 Å². The quantitative estimate of drug-likeness (QED) is 0.699. The Morgan fingerprint density at radius 2 is 2.50 bits per heavy atom. The predicted octanol–water partition coefficient (Wildman–Crippen LogP) is 0.894. The van der Waals surface area contributed by atoms with Crippen LogP contribution in [0.1, 0.15) is 19.8 Å². The largest absolute Gasteiger partial charge is 0.338 e. The summed E-state index contributed by atoms with van der Waals surface area (Å²) in [6, 6.07) is 2.25. The van der Waals surface area contributed by atoms with E-state index in [1.54, 1.807) is 13.1 Å². The lowest BCUT2D eigenvalue weighted by Gasteiger charge is -2.22. The Hall–Kier alpha value is -1.32. The van der Waals surface area contributed by atoms with Crippen LogP contribution in [0.5, 0.6) is 0 Å². The second-order valence-corrected chi connectivity index (χ2v) is 3.74. The van der Waals surface area contributed by atoms with Crippen molar-refractivity contribution in [2.45, 2.75) is 32.4 Å². The highest BCUT2D eigenvalue weighted by Gasteiger charge is 2.26. The van der Waals surface area contributed by atoms with Crippen LogP contribution in [0, 0.1) is 0 Å². The van der Waals surface area contributed by atoms with Gasteiger partial charge in [0.05, 0.1) is 12.6 Å². The maximum Gasteiger partial charge on any atom is 0.219 e. The molecule has 2 heterocycles. The van der Waals surface area contributed by atoms with Crippen molar-refractivity contribution in [2.24, 2.45) is 0 Å². The Kier molecular flexibility index (Phi) is 2.52. The summed E-state index contributed by atoms with van der Waals surface area (Å²) in [4.78, 5) is 13.2. The fourth-order valence-corrected chi connectivity index (χ4v) is 2.06. The first-order valence-corrected chi connectivity index (χ1v) is 5.02. The third kappa shape index (κ3) is 1.78. The molecule has 1 aromatic rings. The van der Waals surface area contributed by atoms with Gasteiger partial charge in [0, 0.05) is 25.9 Å². The van der Waals surface area contributed by atoms with E-state index in [1.807, 2.05) is 21.8 Å². The molecule has 76 valence electrons. The van der Waals surface area contributed by atoms with E-state index in [0.717, 1.165) is 25.9 Å². The number of nitrogens with zero attached hydrogens (tertiary/aromatic N) is 3. The van der Waals surface area contributed by atoms with E-state index in [9.17, 15) is 4.79 Å². The lowest BCUT2D eigenvalue weighted by molar-refractivity contribution is -0.129. The third-order valence-electron chi connectivity index (χ3n) is 2.74. The van der Waals surface area contributed by atoms with E-state index in [4.69, 9.17) is 0 Å². The zero-order valence-electron chi connectivity index (χ0n) is 8.39. The number of carbonyl (C=O) groups excluding carboxylic acids is 1. The maximum absolute atomic E-state index is 11.3. The number of carbonyl (C=O) groups is 1. The minimum Gasteiger partial charge on any atom is -0.338 e. The van der Waals surface area contributed by atoms with Crippen LogP contribution in [-0.2, 0) is 11.3 Å². The fraction of sp³-hybridized carbons (Fsp3) is 0.600. The summed E-state index contributed by atoms with van der Waals surface area (Å²) < 4.78 is 1.89. The first-order valence-electron chi connectivity index (χ1n) is 5.02. The molecule has 0 N–H and O–H groups in total. The zero-order chi connectivity index (χ0) is 9.97. The van der Waals surface area contributed by atoms with E-state index in [1.165, 1.54) is 0 Å². The van der Waals surface area contributed by atoms with Gasteiger partial charge >= 0.3 is 0 Å². The summed E-state index contributed by atoms with van der Waals surface area (Å²) in [6.45, 7) is 3.37. The summed E-state index contributed by atoms with van der Waals surface area (Å²) in [5.74, 6) is 0.180. The molecule has 1 atom stereocenters. The van der Waals surface area contributed by atoms with Crippen LogP contribution in [0.25, 0.3) is 0 Å². The Balaban J connectivity index is 2.00. The van der Waals surface area contributed by atoms with Crippen molar-refractivity contribution in [3.05, 3.63) is 18.5 Å². The summed E-state index contributed by atoms with van der Waals surface area (Å²) in [5.41, 5.74) is 0. The highest BCUT2D eigenvalue weighted by Crippen LogP contribution is 2.18. The molecule has 1 amide bonds. The summed E-state index contributed by atoms with van der Waals surface area (Å²) in [6.07, 6.45) is 5.93. The van der Waals surface area contributed by atoms with Crippen molar-refractivity contribution >= 4 is 5.91 Å². The lowest BCUT2D eigenvalue weighted by atomic mass is 10.2. The molecular formula is C10H15N3O. The van der Waals surface area contributed by atoms with E-state index >= 15 is 0 Å². The lowest BCUT2D eigenvalue weighted by Crippen LogP contribution is -2.36. The van der Waals surface area contributed by atoms with Gasteiger partial charge in [-0.2, -0.15) is 5.10 Å². The van der Waals surface area contributed by atoms with Crippen molar-refractivity contribution in [2.75, 3.05) is 6.54 Å². The van der Waals surface area contributed by atoms with Crippen molar-refractivity contribution in [1.82, 2.24) is 14.7 Å². The van der Waals surface area contributed by atoms with E-state index in [-0.39, 0.29) is 5.91 Å². The van der Waals surface area contributed by atoms with Gasteiger partial charge in [-0.1, -0.05) is 0 Å². The van der Waals surface area contributed by atoms with Gasteiger partial charge in [-0.25, -0.2) is 0 Å². The Morgan fingerprint density at radius 3 is 3.14 bits per heavy atom. The van der Waals surface area contributed by atoms with Crippen LogP contribution in [0.2, 0.25) is 0 Å². The molecular weight excluding hydrogens is 178 g/mol. The predicted molar refractivity (Wildman–Crippen MR) is 52.6 cm³/mol. The molecule has 1 aliphatic heterocycles. The van der Waals surface area contributed by atoms with Crippen molar-refractivity contribution < 1.29 is 4.79 Å². The van der Waals surface area contributed by atoms with Gasteiger partial charge in [-0.15, -0.1) is 0 Å². The van der Waals surface area contributed by atoms with Gasteiger partial charge in [0.2, 0.25) is 5.91 Å². The van der Waals surface area contributed by atoms with Gasteiger partial charge in [0.25, 0.3) is 0 Å². The number of rotatable bonds is 2. The molecule has 0 aromatic carbocycles. The first kappa shape index (κ1) is 9.24. The van der Waals surface area contributed by atoms with Gasteiger partial charge in [-0.3, -0.25) is 9.48 Å². The van der Waals surface area contributed by atoms with Crippen LogP contribution in [0.4, 0.5) is 0 Å². The Bertz CT molecular complexity index is 307. The molecule has 1 unspecified atom stereocenters. The van der Waals surface area contributed by atoms with Crippen molar-refractivity contribution in [3.8, 4) is 0 Å². The molecule has 1 fully saturated rings. The van der Waals surface area contributed by atoms with Gasteiger partial charge < -0.3 is 4.90 Å². The molecule has 0 bridgehead atoms. The van der Waals surface area contributed by atoms with E-state index in [0.29, 0.717) is 6.04 Å². The van der Waals surface area contributed by atoms with E-state index < -0.39 is 0 Å². The molecule has 4 heteroatoms. The van der Waals surface area contributed by atoms with Crippen LogP contribution in [0.3, 0.4) is 0 Å². The van der Waals surface area contributed by atoms with Gasteiger partial charge in [0.15, 0.2) is 0 Å². The average Bonchev–Trinajstić information content (AvgIpc) is 2.75. The second-order valence-electron chi connectivity index (χ2n) is 3.74. The first-order chi connectivity index (χ1) is 6.77. The molecule has 2 rings (SSSR count). The van der Waals surface area contributed by atoms with Gasteiger partial charge in [-0.05, 0) is 18.9 Å². The third-order valence-corrected chi connectivity index (χ3v) is 2.74. The number of aromatic nitrogens is 2. The smallest absolute Gasteiger partial charge is 0.219 e. The highest BCUT2D eigenvalue weighted by atomic mass is 16.2. The minimum atomic E-state index is 0.180. The summed E-state index contributed by atoms with van der Waals surface area (Å²) >= 11 is 0. The highest BCUT2D eigenvalue weighted by molar-refractivity contribution is 5.73. The standard InChI is InChI=1S/C10H15N3O/c1-9(14)13-7-2-4-10(13)8-12-6-3-5-11-12/h3,5-6,10H,2,4,7-8H2,1H3. The molecule has 0 aliphatic carbocycles. The topological polar surface area (TPSA) is 38.1 Å². The molecule has 1 saturated heterocycles. The van der Waals surface area contributed by atoms with Crippen molar-refractivity contribution in [1.29, 1.82) is 0 Å². The Morgan fingerprint density at radius 1 is 1.64 bits per heavy atom. The molecule has 1 aliphatic rings. The molecule has 0 spiro atoms. The van der Waals surface area contributed by atoms with E-state index in [2.05, 4.69) is 5.10 Å². The van der Waals surface area contributed by atoms with Gasteiger partial charge in [0.1, 0.15) is 0 Å². The maximum atomic E-state index is 11.3. The molecule has 0 saturated carbocycles. The molecule has 4 nitrogen and oxygen atoms in total.